The number of halogens is 3. The van der Waals surface area contributed by atoms with Crippen LogP contribution in [0.5, 0.6) is 0 Å². The Bertz CT molecular complexity index is 667. The second kappa shape index (κ2) is 5.59. The molecule has 0 aromatic heterocycles. The van der Waals surface area contributed by atoms with E-state index >= 15 is 0 Å². The highest BCUT2D eigenvalue weighted by Crippen LogP contribution is 2.32. The minimum absolute atomic E-state index is 0.0380. The molecule has 1 N–H and O–H groups in total. The van der Waals surface area contributed by atoms with Gasteiger partial charge in [0.25, 0.3) is 0 Å². The molecule has 110 valence electrons. The van der Waals surface area contributed by atoms with Gasteiger partial charge in [0.1, 0.15) is 16.8 Å². The molecule has 0 radical (unpaired) electrons. The number of carbonyl (C=O) groups is 1. The van der Waals surface area contributed by atoms with Crippen molar-refractivity contribution in [3.8, 4) is 0 Å². The van der Waals surface area contributed by atoms with Gasteiger partial charge in [-0.3, -0.25) is 4.79 Å². The van der Waals surface area contributed by atoms with Crippen molar-refractivity contribution >= 4 is 43.5 Å². The molecule has 20 heavy (non-hydrogen) atoms. The molecule has 1 aromatic carbocycles. The van der Waals surface area contributed by atoms with E-state index in [-0.39, 0.29) is 22.5 Å². The zero-order valence-corrected chi connectivity index (χ0v) is 13.2. The summed E-state index contributed by atoms with van der Waals surface area (Å²) >= 11 is 8.78. The van der Waals surface area contributed by atoms with Crippen LogP contribution < -0.4 is 0 Å². The number of nitrogens with zero attached hydrogens (tertiary/aromatic N) is 1. The second-order valence-electron chi connectivity index (χ2n) is 4.31. The van der Waals surface area contributed by atoms with Crippen LogP contribution in [0.1, 0.15) is 12.8 Å². The number of hydrogen-bond acceptors (Lipinski definition) is 3. The number of aliphatic carboxylic acids is 1. The van der Waals surface area contributed by atoms with Crippen LogP contribution in [0.2, 0.25) is 5.02 Å². The van der Waals surface area contributed by atoms with Gasteiger partial charge in [-0.15, -0.1) is 0 Å². The van der Waals surface area contributed by atoms with Gasteiger partial charge in [-0.25, -0.2) is 12.8 Å². The maximum Gasteiger partial charge on any atom is 0.322 e. The third-order valence-electron chi connectivity index (χ3n) is 3.05. The highest BCUT2D eigenvalue weighted by atomic mass is 79.9. The second-order valence-corrected chi connectivity index (χ2v) is 7.43. The van der Waals surface area contributed by atoms with Gasteiger partial charge in [0.05, 0.1) is 5.02 Å². The average molecular weight is 387 g/mol. The van der Waals surface area contributed by atoms with E-state index in [0.29, 0.717) is 6.42 Å². The van der Waals surface area contributed by atoms with Crippen LogP contribution in [0.15, 0.2) is 21.5 Å². The number of rotatable bonds is 3. The van der Waals surface area contributed by atoms with Crippen molar-refractivity contribution in [3.05, 3.63) is 27.4 Å². The first kappa shape index (κ1) is 15.7. The first-order valence-electron chi connectivity index (χ1n) is 5.64. The SMILES string of the molecule is O=C(O)[C@@H]1CCCN1S(=O)(=O)c1cc(Cl)c(Br)cc1F. The Morgan fingerprint density at radius 3 is 2.75 bits per heavy atom. The van der Waals surface area contributed by atoms with Crippen LogP contribution in [-0.4, -0.2) is 36.4 Å². The average Bonchev–Trinajstić information content (AvgIpc) is 2.83. The summed E-state index contributed by atoms with van der Waals surface area (Å²) in [4.78, 5) is 10.5. The van der Waals surface area contributed by atoms with Crippen molar-refractivity contribution in [2.45, 2.75) is 23.8 Å². The van der Waals surface area contributed by atoms with Gasteiger partial charge in [-0.2, -0.15) is 4.31 Å². The van der Waals surface area contributed by atoms with E-state index in [2.05, 4.69) is 15.9 Å². The minimum Gasteiger partial charge on any atom is -0.480 e. The molecule has 2 rings (SSSR count). The molecular weight excluding hydrogens is 377 g/mol. The van der Waals surface area contributed by atoms with Crippen molar-refractivity contribution in [3.63, 3.8) is 0 Å². The first-order chi connectivity index (χ1) is 9.25. The molecule has 1 aliphatic heterocycles. The topological polar surface area (TPSA) is 74.7 Å². The maximum atomic E-state index is 13.9. The largest absolute Gasteiger partial charge is 0.480 e. The van der Waals surface area contributed by atoms with Crippen LogP contribution in [0.3, 0.4) is 0 Å². The Labute approximate surface area is 128 Å². The molecule has 0 spiro atoms. The van der Waals surface area contributed by atoms with Gasteiger partial charge in [0.15, 0.2) is 0 Å². The van der Waals surface area contributed by atoms with Crippen LogP contribution in [0, 0.1) is 5.82 Å². The molecule has 1 fully saturated rings. The number of carboxylic acid groups (broad SMARTS) is 1. The highest BCUT2D eigenvalue weighted by Gasteiger charge is 2.40. The predicted molar refractivity (Wildman–Crippen MR) is 73.7 cm³/mol. The van der Waals surface area contributed by atoms with Crippen LogP contribution >= 0.6 is 27.5 Å². The number of carboxylic acids is 1. The molecule has 9 heteroatoms. The fraction of sp³-hybridized carbons (Fsp3) is 0.364. The molecule has 0 bridgehead atoms. The summed E-state index contributed by atoms with van der Waals surface area (Å²) in [6.07, 6.45) is 0.627. The zero-order valence-electron chi connectivity index (χ0n) is 10.0. The third-order valence-corrected chi connectivity index (χ3v) is 6.17. The van der Waals surface area contributed by atoms with Gasteiger partial charge < -0.3 is 5.11 Å². The zero-order chi connectivity index (χ0) is 15.1. The van der Waals surface area contributed by atoms with Crippen molar-refractivity contribution in [1.29, 1.82) is 0 Å². The van der Waals surface area contributed by atoms with Crippen LogP contribution in [0.25, 0.3) is 0 Å². The number of sulfonamides is 1. The Morgan fingerprint density at radius 2 is 2.15 bits per heavy atom. The molecule has 1 saturated heterocycles. The Morgan fingerprint density at radius 1 is 1.50 bits per heavy atom. The Hall–Kier alpha value is -0.700. The van der Waals surface area contributed by atoms with Gasteiger partial charge >= 0.3 is 5.97 Å². The summed E-state index contributed by atoms with van der Waals surface area (Å²) in [5, 5.41) is 9.07. The molecule has 0 unspecified atom stereocenters. The van der Waals surface area contributed by atoms with Crippen LogP contribution in [-0.2, 0) is 14.8 Å². The fourth-order valence-corrected chi connectivity index (χ4v) is 4.37. The van der Waals surface area contributed by atoms with Crippen molar-refractivity contribution in [2.24, 2.45) is 0 Å². The molecule has 0 saturated carbocycles. The lowest BCUT2D eigenvalue weighted by Gasteiger charge is -2.21. The molecule has 0 aliphatic carbocycles. The lowest BCUT2D eigenvalue weighted by Crippen LogP contribution is -2.40. The smallest absolute Gasteiger partial charge is 0.322 e. The molecule has 1 heterocycles. The molecule has 1 aromatic rings. The normalized spacial score (nSPS) is 20.2. The minimum atomic E-state index is -4.23. The Kier molecular flexibility index (Phi) is 4.38. The van der Waals surface area contributed by atoms with Crippen molar-refractivity contribution < 1.29 is 22.7 Å². The highest BCUT2D eigenvalue weighted by molar-refractivity contribution is 9.10. The van der Waals surface area contributed by atoms with E-state index in [4.69, 9.17) is 16.7 Å². The van der Waals surface area contributed by atoms with E-state index in [1.54, 1.807) is 0 Å². The van der Waals surface area contributed by atoms with E-state index in [1.807, 2.05) is 0 Å². The van der Waals surface area contributed by atoms with E-state index < -0.39 is 32.7 Å². The van der Waals surface area contributed by atoms with Crippen LogP contribution in [0.4, 0.5) is 4.39 Å². The fourth-order valence-electron chi connectivity index (χ4n) is 2.10. The summed E-state index contributed by atoms with van der Waals surface area (Å²) in [5.41, 5.74) is 0. The monoisotopic (exact) mass is 385 g/mol. The van der Waals surface area contributed by atoms with Gasteiger partial charge in [-0.05, 0) is 40.9 Å². The molecule has 1 atom stereocenters. The number of benzene rings is 1. The van der Waals surface area contributed by atoms with Crippen molar-refractivity contribution in [2.75, 3.05) is 6.54 Å². The summed E-state index contributed by atoms with van der Waals surface area (Å²) in [5.74, 6) is -2.22. The van der Waals surface area contributed by atoms with E-state index in [1.165, 1.54) is 0 Å². The standard InChI is InChI=1S/C11H10BrClFNO4S/c12-6-4-8(14)10(5-7(6)13)20(18,19)15-3-1-2-9(15)11(16)17/h4-5,9H,1-3H2,(H,16,17)/t9-/m0/s1. The summed E-state index contributed by atoms with van der Waals surface area (Å²) < 4.78 is 39.7. The lowest BCUT2D eigenvalue weighted by atomic mass is 10.2. The lowest BCUT2D eigenvalue weighted by molar-refractivity contribution is -0.140. The first-order valence-corrected chi connectivity index (χ1v) is 8.25. The predicted octanol–water partition coefficient (Wildman–Crippen LogP) is 2.48. The van der Waals surface area contributed by atoms with Crippen molar-refractivity contribution in [1.82, 2.24) is 4.31 Å². The molecule has 1 aliphatic rings. The van der Waals surface area contributed by atoms with Gasteiger partial charge in [0, 0.05) is 11.0 Å². The summed E-state index contributed by atoms with van der Waals surface area (Å²) in [6, 6.07) is 0.760. The van der Waals surface area contributed by atoms with E-state index in [9.17, 15) is 17.6 Å². The summed E-state index contributed by atoms with van der Waals surface area (Å²) in [6.45, 7) is 0.0480. The summed E-state index contributed by atoms with van der Waals surface area (Å²) in [7, 11) is -4.23. The quantitative estimate of drug-likeness (QED) is 0.810. The molecular formula is C11H10BrClFNO4S. The molecule has 0 amide bonds. The van der Waals surface area contributed by atoms with Gasteiger partial charge in [0.2, 0.25) is 10.0 Å². The maximum absolute atomic E-state index is 13.9. The number of hydrogen-bond donors (Lipinski definition) is 1. The van der Waals surface area contributed by atoms with E-state index in [0.717, 1.165) is 16.4 Å². The third kappa shape index (κ3) is 2.69. The molecule has 5 nitrogen and oxygen atoms in total. The Balaban J connectivity index is 2.50. The van der Waals surface area contributed by atoms with Gasteiger partial charge in [-0.1, -0.05) is 11.6 Å².